The van der Waals surface area contributed by atoms with Crippen LogP contribution in [0.5, 0.6) is 0 Å². The molecule has 0 saturated carbocycles. The van der Waals surface area contributed by atoms with Crippen molar-refractivity contribution in [1.82, 2.24) is 15.2 Å². The molecule has 0 atom stereocenters. The van der Waals surface area contributed by atoms with Gasteiger partial charge in [0, 0.05) is 26.2 Å². The lowest BCUT2D eigenvalue weighted by Crippen LogP contribution is -2.17. The van der Waals surface area contributed by atoms with Crippen molar-refractivity contribution in [2.45, 2.75) is 26.2 Å². The van der Waals surface area contributed by atoms with Crippen LogP contribution in [0.1, 0.15) is 22.5 Å². The highest BCUT2D eigenvalue weighted by molar-refractivity contribution is 5.30. The second-order valence-electron chi connectivity index (χ2n) is 5.06. The maximum Gasteiger partial charge on any atom is 0.0548 e. The Hall–Kier alpha value is -1.71. The Kier molecular flexibility index (Phi) is 3.58. The zero-order valence-corrected chi connectivity index (χ0v) is 11.3. The summed E-state index contributed by atoms with van der Waals surface area (Å²) in [5, 5.41) is 3.14. The fraction of sp³-hybridized carbons (Fsp3) is 0.312. The van der Waals surface area contributed by atoms with E-state index in [9.17, 15) is 0 Å². The minimum Gasteiger partial charge on any atom is -0.314 e. The molecule has 0 radical (unpaired) electrons. The quantitative estimate of drug-likeness (QED) is 0.906. The van der Waals surface area contributed by atoms with Crippen LogP contribution in [0.3, 0.4) is 0 Å². The van der Waals surface area contributed by atoms with Gasteiger partial charge in [0.2, 0.25) is 0 Å². The predicted octanol–water partition coefficient (Wildman–Crippen LogP) is 2.32. The van der Waals surface area contributed by atoms with Crippen molar-refractivity contribution < 1.29 is 0 Å². The molecule has 1 aromatic carbocycles. The van der Waals surface area contributed by atoms with Crippen molar-refractivity contribution in [2.24, 2.45) is 0 Å². The Morgan fingerprint density at radius 3 is 2.37 bits per heavy atom. The molecule has 98 valence electrons. The Labute approximate surface area is 114 Å². The minimum absolute atomic E-state index is 0.827. The molecule has 0 spiro atoms. The molecule has 3 heteroatoms. The zero-order valence-electron chi connectivity index (χ0n) is 11.3. The van der Waals surface area contributed by atoms with E-state index in [1.807, 2.05) is 7.05 Å². The van der Waals surface area contributed by atoms with Gasteiger partial charge in [-0.05, 0) is 30.3 Å². The smallest absolute Gasteiger partial charge is 0.0548 e. The average Bonchev–Trinajstić information content (AvgIpc) is 2.81. The van der Waals surface area contributed by atoms with Crippen molar-refractivity contribution in [3.05, 3.63) is 65.0 Å². The molecule has 0 fully saturated rings. The maximum absolute atomic E-state index is 4.68. The SMILES string of the molecule is CNCc1cccc(CN2Cc3ccccc3C2)n1. The van der Waals surface area contributed by atoms with Crippen LogP contribution in [0, 0.1) is 0 Å². The molecule has 0 bridgehead atoms. The van der Waals surface area contributed by atoms with Crippen LogP contribution >= 0.6 is 0 Å². The molecule has 0 amide bonds. The fourth-order valence-corrected chi connectivity index (χ4v) is 2.64. The fourth-order valence-electron chi connectivity index (χ4n) is 2.64. The molecule has 0 unspecified atom stereocenters. The highest BCUT2D eigenvalue weighted by atomic mass is 15.1. The first kappa shape index (κ1) is 12.3. The average molecular weight is 253 g/mol. The number of nitrogens with zero attached hydrogens (tertiary/aromatic N) is 2. The second kappa shape index (κ2) is 5.51. The topological polar surface area (TPSA) is 28.2 Å². The van der Waals surface area contributed by atoms with Crippen LogP contribution in [0.2, 0.25) is 0 Å². The summed E-state index contributed by atoms with van der Waals surface area (Å²) in [6, 6.07) is 15.0. The van der Waals surface area contributed by atoms with E-state index in [1.165, 1.54) is 11.1 Å². The summed E-state index contributed by atoms with van der Waals surface area (Å²) in [7, 11) is 1.95. The molecule has 19 heavy (non-hydrogen) atoms. The van der Waals surface area contributed by atoms with Gasteiger partial charge in [0.1, 0.15) is 0 Å². The van der Waals surface area contributed by atoms with Gasteiger partial charge in [-0.1, -0.05) is 30.3 Å². The van der Waals surface area contributed by atoms with Gasteiger partial charge in [0.05, 0.1) is 11.4 Å². The predicted molar refractivity (Wildman–Crippen MR) is 76.4 cm³/mol. The largest absolute Gasteiger partial charge is 0.314 e. The lowest BCUT2D eigenvalue weighted by molar-refractivity contribution is 0.272. The number of nitrogens with one attached hydrogen (secondary N) is 1. The van der Waals surface area contributed by atoms with E-state index < -0.39 is 0 Å². The summed E-state index contributed by atoms with van der Waals surface area (Å²) in [6.07, 6.45) is 0. The third-order valence-electron chi connectivity index (χ3n) is 3.51. The monoisotopic (exact) mass is 253 g/mol. The summed E-state index contributed by atoms with van der Waals surface area (Å²) in [5.41, 5.74) is 5.17. The van der Waals surface area contributed by atoms with E-state index in [0.29, 0.717) is 0 Å². The van der Waals surface area contributed by atoms with Gasteiger partial charge in [-0.25, -0.2) is 0 Å². The number of rotatable bonds is 4. The van der Waals surface area contributed by atoms with Crippen LogP contribution in [0.25, 0.3) is 0 Å². The van der Waals surface area contributed by atoms with Gasteiger partial charge in [0.25, 0.3) is 0 Å². The van der Waals surface area contributed by atoms with Gasteiger partial charge in [-0.2, -0.15) is 0 Å². The molecular weight excluding hydrogens is 234 g/mol. The Balaban J connectivity index is 1.69. The van der Waals surface area contributed by atoms with Gasteiger partial charge in [-0.15, -0.1) is 0 Å². The van der Waals surface area contributed by atoms with E-state index in [0.717, 1.165) is 37.6 Å². The number of hydrogen-bond acceptors (Lipinski definition) is 3. The van der Waals surface area contributed by atoms with Crippen LogP contribution < -0.4 is 5.32 Å². The Morgan fingerprint density at radius 1 is 1.00 bits per heavy atom. The van der Waals surface area contributed by atoms with Crippen molar-refractivity contribution in [1.29, 1.82) is 0 Å². The highest BCUT2D eigenvalue weighted by Gasteiger charge is 2.18. The number of hydrogen-bond donors (Lipinski definition) is 1. The first-order valence-corrected chi connectivity index (χ1v) is 6.74. The molecule has 1 aromatic heterocycles. The maximum atomic E-state index is 4.68. The van der Waals surface area contributed by atoms with Gasteiger partial charge in [0.15, 0.2) is 0 Å². The van der Waals surface area contributed by atoms with Crippen molar-refractivity contribution >= 4 is 0 Å². The standard InChI is InChI=1S/C16H19N3/c1-17-9-15-7-4-8-16(18-15)12-19-10-13-5-2-3-6-14(13)11-19/h2-8,17H,9-12H2,1H3. The Morgan fingerprint density at radius 2 is 1.68 bits per heavy atom. The van der Waals surface area contributed by atoms with E-state index >= 15 is 0 Å². The number of fused-ring (bicyclic) bond motifs is 1. The molecular formula is C16H19N3. The van der Waals surface area contributed by atoms with Crippen LogP contribution in [0.15, 0.2) is 42.5 Å². The van der Waals surface area contributed by atoms with Crippen molar-refractivity contribution in [2.75, 3.05) is 7.05 Å². The second-order valence-corrected chi connectivity index (χ2v) is 5.06. The number of benzene rings is 1. The molecule has 3 rings (SSSR count). The Bertz CT molecular complexity index is 540. The van der Waals surface area contributed by atoms with E-state index in [2.05, 4.69) is 57.7 Å². The van der Waals surface area contributed by atoms with Crippen molar-refractivity contribution in [3.63, 3.8) is 0 Å². The minimum atomic E-state index is 0.827. The molecule has 1 aliphatic rings. The van der Waals surface area contributed by atoms with Crippen LogP contribution in [-0.2, 0) is 26.2 Å². The van der Waals surface area contributed by atoms with Gasteiger partial charge >= 0.3 is 0 Å². The van der Waals surface area contributed by atoms with Crippen LogP contribution in [-0.4, -0.2) is 16.9 Å². The summed E-state index contributed by atoms with van der Waals surface area (Å²) in [5.74, 6) is 0. The number of pyridine rings is 1. The van der Waals surface area contributed by atoms with Gasteiger partial charge in [-0.3, -0.25) is 9.88 Å². The molecule has 3 nitrogen and oxygen atoms in total. The summed E-state index contributed by atoms with van der Waals surface area (Å²) in [4.78, 5) is 7.13. The summed E-state index contributed by atoms with van der Waals surface area (Å²) in [6.45, 7) is 3.82. The summed E-state index contributed by atoms with van der Waals surface area (Å²) < 4.78 is 0. The number of aromatic nitrogens is 1. The molecule has 0 aliphatic carbocycles. The van der Waals surface area contributed by atoms with E-state index in [1.54, 1.807) is 0 Å². The molecule has 0 saturated heterocycles. The van der Waals surface area contributed by atoms with Crippen LogP contribution in [0.4, 0.5) is 0 Å². The molecule has 2 aromatic rings. The molecule has 2 heterocycles. The first-order chi connectivity index (χ1) is 9.35. The molecule has 1 N–H and O–H groups in total. The molecule has 1 aliphatic heterocycles. The van der Waals surface area contributed by atoms with E-state index in [4.69, 9.17) is 0 Å². The van der Waals surface area contributed by atoms with Gasteiger partial charge < -0.3 is 5.32 Å². The lowest BCUT2D eigenvalue weighted by atomic mass is 10.1. The first-order valence-electron chi connectivity index (χ1n) is 6.74. The zero-order chi connectivity index (χ0) is 13.1. The third kappa shape index (κ3) is 2.83. The summed E-state index contributed by atoms with van der Waals surface area (Å²) >= 11 is 0. The third-order valence-corrected chi connectivity index (χ3v) is 3.51. The normalized spacial score (nSPS) is 14.6. The van der Waals surface area contributed by atoms with E-state index in [-0.39, 0.29) is 0 Å². The lowest BCUT2D eigenvalue weighted by Gasteiger charge is -2.14. The highest BCUT2D eigenvalue weighted by Crippen LogP contribution is 2.23. The van der Waals surface area contributed by atoms with Crippen molar-refractivity contribution in [3.8, 4) is 0 Å².